The molecule has 24 heavy (non-hydrogen) atoms. The Morgan fingerprint density at radius 1 is 1.08 bits per heavy atom. The quantitative estimate of drug-likeness (QED) is 0.874. The van der Waals surface area contributed by atoms with Crippen molar-refractivity contribution in [2.45, 2.75) is 31.7 Å². The van der Waals surface area contributed by atoms with Crippen molar-refractivity contribution < 1.29 is 13.2 Å². The maximum Gasteiger partial charge on any atom is 0.264 e. The van der Waals surface area contributed by atoms with Crippen LogP contribution in [0, 0.1) is 0 Å². The zero-order chi connectivity index (χ0) is 17.7. The molecule has 0 spiro atoms. The van der Waals surface area contributed by atoms with Crippen LogP contribution in [-0.2, 0) is 10.0 Å². The summed E-state index contributed by atoms with van der Waals surface area (Å²) in [4.78, 5) is 12.2. The summed E-state index contributed by atoms with van der Waals surface area (Å²) in [7, 11) is -3.74. The van der Waals surface area contributed by atoms with Gasteiger partial charge in [0.1, 0.15) is 0 Å². The topological polar surface area (TPSA) is 66.5 Å². The maximum absolute atomic E-state index is 13.0. The minimum Gasteiger partial charge on any atom is -0.350 e. The summed E-state index contributed by atoms with van der Waals surface area (Å²) in [6.45, 7) is 5.79. The van der Waals surface area contributed by atoms with E-state index in [-0.39, 0.29) is 16.8 Å². The summed E-state index contributed by atoms with van der Waals surface area (Å²) in [6, 6.07) is 15.0. The van der Waals surface area contributed by atoms with Crippen molar-refractivity contribution in [2.75, 3.05) is 10.8 Å². The fourth-order valence-electron chi connectivity index (χ4n) is 2.36. The number of benzene rings is 2. The summed E-state index contributed by atoms with van der Waals surface area (Å²) < 4.78 is 27.2. The van der Waals surface area contributed by atoms with E-state index in [1.54, 1.807) is 43.3 Å². The number of hydrogen-bond donors (Lipinski definition) is 1. The van der Waals surface area contributed by atoms with Crippen molar-refractivity contribution in [1.82, 2.24) is 5.32 Å². The molecule has 1 amide bonds. The molecule has 1 N–H and O–H groups in total. The first-order valence-electron chi connectivity index (χ1n) is 7.85. The van der Waals surface area contributed by atoms with Gasteiger partial charge in [-0.05, 0) is 51.1 Å². The summed E-state index contributed by atoms with van der Waals surface area (Å²) in [5, 5.41) is 2.77. The molecule has 6 heteroatoms. The smallest absolute Gasteiger partial charge is 0.264 e. The number of carbonyl (C=O) groups excluding carboxylic acids is 1. The Morgan fingerprint density at radius 3 is 2.33 bits per heavy atom. The Morgan fingerprint density at radius 2 is 1.75 bits per heavy atom. The minimum absolute atomic E-state index is 0.0192. The molecular formula is C18H22N2O3S. The first-order valence-corrected chi connectivity index (χ1v) is 9.29. The zero-order valence-corrected chi connectivity index (χ0v) is 14.9. The Kier molecular flexibility index (Phi) is 5.62. The summed E-state index contributed by atoms with van der Waals surface area (Å²) in [6.07, 6.45) is 0. The lowest BCUT2D eigenvalue weighted by Gasteiger charge is -2.23. The van der Waals surface area contributed by atoms with Gasteiger partial charge in [0.15, 0.2) is 0 Å². The van der Waals surface area contributed by atoms with E-state index >= 15 is 0 Å². The Balaban J connectivity index is 2.40. The molecule has 2 rings (SSSR count). The molecule has 0 fully saturated rings. The van der Waals surface area contributed by atoms with E-state index in [0.717, 1.165) is 0 Å². The van der Waals surface area contributed by atoms with Gasteiger partial charge in [0.2, 0.25) is 0 Å². The number of nitrogens with one attached hydrogen (secondary N) is 1. The van der Waals surface area contributed by atoms with E-state index in [2.05, 4.69) is 5.32 Å². The predicted octanol–water partition coefficient (Wildman–Crippen LogP) is 3.04. The van der Waals surface area contributed by atoms with Gasteiger partial charge in [-0.1, -0.05) is 24.3 Å². The highest BCUT2D eigenvalue weighted by atomic mass is 32.2. The summed E-state index contributed by atoms with van der Waals surface area (Å²) in [5.74, 6) is -0.287. The molecule has 0 aromatic heterocycles. The van der Waals surface area contributed by atoms with Gasteiger partial charge in [-0.2, -0.15) is 0 Å². The van der Waals surface area contributed by atoms with Crippen molar-refractivity contribution >= 4 is 21.6 Å². The van der Waals surface area contributed by atoms with Crippen LogP contribution in [0.15, 0.2) is 59.5 Å². The van der Waals surface area contributed by atoms with Gasteiger partial charge in [-0.3, -0.25) is 9.10 Å². The molecule has 0 bridgehead atoms. The lowest BCUT2D eigenvalue weighted by atomic mass is 10.2. The van der Waals surface area contributed by atoms with Gasteiger partial charge in [0.05, 0.1) is 10.6 Å². The third-order valence-electron chi connectivity index (χ3n) is 3.44. The van der Waals surface area contributed by atoms with Crippen molar-refractivity contribution in [3.05, 3.63) is 60.2 Å². The van der Waals surface area contributed by atoms with Crippen LogP contribution in [0.4, 0.5) is 5.69 Å². The second-order valence-corrected chi connectivity index (χ2v) is 7.52. The molecule has 0 atom stereocenters. The van der Waals surface area contributed by atoms with Gasteiger partial charge in [-0.15, -0.1) is 0 Å². The molecule has 2 aromatic carbocycles. The minimum atomic E-state index is -3.74. The number of rotatable bonds is 6. The summed E-state index contributed by atoms with van der Waals surface area (Å²) in [5.41, 5.74) is 0.922. The number of nitrogens with zero attached hydrogens (tertiary/aromatic N) is 1. The van der Waals surface area contributed by atoms with E-state index in [9.17, 15) is 13.2 Å². The molecule has 5 nitrogen and oxygen atoms in total. The van der Waals surface area contributed by atoms with Crippen molar-refractivity contribution in [2.24, 2.45) is 0 Å². The molecule has 0 aliphatic rings. The van der Waals surface area contributed by atoms with Crippen LogP contribution in [0.3, 0.4) is 0 Å². The van der Waals surface area contributed by atoms with Crippen LogP contribution in [0.2, 0.25) is 0 Å². The van der Waals surface area contributed by atoms with E-state index in [1.165, 1.54) is 16.4 Å². The SMILES string of the molecule is CCN(c1ccccc1)S(=O)(=O)c1cccc(C(=O)NC(C)C)c1. The van der Waals surface area contributed by atoms with Crippen molar-refractivity contribution in [3.63, 3.8) is 0 Å². The molecule has 0 unspecified atom stereocenters. The van der Waals surface area contributed by atoms with Gasteiger partial charge < -0.3 is 5.32 Å². The van der Waals surface area contributed by atoms with Gasteiger partial charge in [0, 0.05) is 18.2 Å². The van der Waals surface area contributed by atoms with E-state index < -0.39 is 10.0 Å². The molecular weight excluding hydrogens is 324 g/mol. The summed E-state index contributed by atoms with van der Waals surface area (Å²) >= 11 is 0. The van der Waals surface area contributed by atoms with Crippen LogP contribution in [0.25, 0.3) is 0 Å². The van der Waals surface area contributed by atoms with Gasteiger partial charge in [-0.25, -0.2) is 8.42 Å². The highest BCUT2D eigenvalue weighted by Gasteiger charge is 2.24. The maximum atomic E-state index is 13.0. The number of anilines is 1. The molecule has 0 saturated heterocycles. The molecule has 0 aliphatic heterocycles. The van der Waals surface area contributed by atoms with Crippen molar-refractivity contribution in [3.8, 4) is 0 Å². The first kappa shape index (κ1) is 18.0. The molecule has 0 heterocycles. The largest absolute Gasteiger partial charge is 0.350 e. The molecule has 2 aromatic rings. The van der Waals surface area contributed by atoms with Crippen LogP contribution >= 0.6 is 0 Å². The molecule has 0 radical (unpaired) electrons. The predicted molar refractivity (Wildman–Crippen MR) is 95.7 cm³/mol. The number of para-hydroxylation sites is 1. The number of sulfonamides is 1. The third kappa shape index (κ3) is 3.94. The zero-order valence-electron chi connectivity index (χ0n) is 14.1. The van der Waals surface area contributed by atoms with Crippen molar-refractivity contribution in [1.29, 1.82) is 0 Å². The number of amides is 1. The normalized spacial score (nSPS) is 11.3. The monoisotopic (exact) mass is 346 g/mol. The van der Waals surface area contributed by atoms with Gasteiger partial charge >= 0.3 is 0 Å². The lowest BCUT2D eigenvalue weighted by molar-refractivity contribution is 0.0943. The van der Waals surface area contributed by atoms with E-state index in [4.69, 9.17) is 0 Å². The Bertz CT molecular complexity index is 802. The second-order valence-electron chi connectivity index (χ2n) is 5.66. The van der Waals surface area contributed by atoms with E-state index in [1.807, 2.05) is 19.9 Å². The number of carbonyl (C=O) groups is 1. The van der Waals surface area contributed by atoms with Gasteiger partial charge in [0.25, 0.3) is 15.9 Å². The fraction of sp³-hybridized carbons (Fsp3) is 0.278. The van der Waals surface area contributed by atoms with Crippen LogP contribution < -0.4 is 9.62 Å². The highest BCUT2D eigenvalue weighted by molar-refractivity contribution is 7.92. The highest BCUT2D eigenvalue weighted by Crippen LogP contribution is 2.23. The molecule has 128 valence electrons. The number of hydrogen-bond acceptors (Lipinski definition) is 3. The standard InChI is InChI=1S/C18H22N2O3S/c1-4-20(16-10-6-5-7-11-16)24(22,23)17-12-8-9-15(13-17)18(21)19-14(2)3/h5-14H,4H2,1-3H3,(H,19,21). The van der Waals surface area contributed by atoms with Crippen LogP contribution in [0.1, 0.15) is 31.1 Å². The average Bonchev–Trinajstić information content (AvgIpc) is 2.56. The van der Waals surface area contributed by atoms with Crippen LogP contribution in [0.5, 0.6) is 0 Å². The molecule has 0 aliphatic carbocycles. The van der Waals surface area contributed by atoms with Crippen LogP contribution in [-0.4, -0.2) is 26.9 Å². The second kappa shape index (κ2) is 7.49. The van der Waals surface area contributed by atoms with E-state index in [0.29, 0.717) is 17.8 Å². The Hall–Kier alpha value is -2.34. The fourth-order valence-corrected chi connectivity index (χ4v) is 3.88. The first-order chi connectivity index (χ1) is 11.4. The Labute approximate surface area is 143 Å². The third-order valence-corrected chi connectivity index (χ3v) is 5.33. The molecule has 0 saturated carbocycles. The lowest BCUT2D eigenvalue weighted by Crippen LogP contribution is -2.32. The average molecular weight is 346 g/mol.